The van der Waals surface area contributed by atoms with Gasteiger partial charge in [-0.2, -0.15) is 0 Å². The van der Waals surface area contributed by atoms with Crippen molar-refractivity contribution in [3.8, 4) is 0 Å². The lowest BCUT2D eigenvalue weighted by atomic mass is 10.0. The second-order valence-electron chi connectivity index (χ2n) is 6.00. The third-order valence-electron chi connectivity index (χ3n) is 3.92. The zero-order chi connectivity index (χ0) is 14.9. The first-order valence-electron chi connectivity index (χ1n) is 8.93. The first kappa shape index (κ1) is 19.6. The molecule has 0 atom stereocenters. The molecule has 0 amide bonds. The van der Waals surface area contributed by atoms with E-state index in [2.05, 4.69) is 6.92 Å². The van der Waals surface area contributed by atoms with Crippen molar-refractivity contribution in [3.63, 3.8) is 0 Å². The topological polar surface area (TPSA) is 37.3 Å². The molecule has 0 saturated carbocycles. The first-order chi connectivity index (χ1) is 9.81. The fourth-order valence-electron chi connectivity index (χ4n) is 2.55. The lowest BCUT2D eigenvalue weighted by Crippen LogP contribution is -1.97. The van der Waals surface area contributed by atoms with E-state index in [0.29, 0.717) is 12.4 Å². The summed E-state index contributed by atoms with van der Waals surface area (Å²) < 4.78 is 0. The highest BCUT2D eigenvalue weighted by atomic mass is 16.2. The van der Waals surface area contributed by atoms with Gasteiger partial charge in [-0.15, -0.1) is 0 Å². The van der Waals surface area contributed by atoms with Crippen molar-refractivity contribution in [2.24, 2.45) is 0 Å². The standard InChI is InChI=1S/C18H36O2/c1-2-3-4-5-6-9-12-15-18(20)16-13-10-7-8-11-14-17-19/h19H,2-17H2,1H3. The summed E-state index contributed by atoms with van der Waals surface area (Å²) in [6.07, 6.45) is 17.3. The van der Waals surface area contributed by atoms with Crippen LogP contribution in [0.4, 0.5) is 0 Å². The molecule has 1 N–H and O–H groups in total. The smallest absolute Gasteiger partial charge is 0.132 e. The molecule has 0 bridgehead atoms. The monoisotopic (exact) mass is 284 g/mol. The van der Waals surface area contributed by atoms with Crippen LogP contribution >= 0.6 is 0 Å². The van der Waals surface area contributed by atoms with Gasteiger partial charge < -0.3 is 5.11 Å². The van der Waals surface area contributed by atoms with E-state index < -0.39 is 0 Å². The van der Waals surface area contributed by atoms with E-state index in [1.165, 1.54) is 57.8 Å². The Balaban J connectivity index is 3.13. The molecule has 0 heterocycles. The van der Waals surface area contributed by atoms with Gasteiger partial charge in [-0.25, -0.2) is 0 Å². The van der Waals surface area contributed by atoms with Crippen LogP contribution in [0.5, 0.6) is 0 Å². The van der Waals surface area contributed by atoms with Crippen molar-refractivity contribution in [2.45, 2.75) is 103 Å². The molecule has 0 aromatic heterocycles. The molecule has 2 heteroatoms. The number of unbranched alkanes of at least 4 members (excludes halogenated alkanes) is 11. The molecule has 0 aliphatic heterocycles. The Kier molecular flexibility index (Phi) is 16.4. The summed E-state index contributed by atoms with van der Waals surface area (Å²) in [6, 6.07) is 0. The van der Waals surface area contributed by atoms with E-state index in [-0.39, 0.29) is 0 Å². The van der Waals surface area contributed by atoms with Crippen molar-refractivity contribution in [1.82, 2.24) is 0 Å². The highest BCUT2D eigenvalue weighted by Gasteiger charge is 2.01. The third-order valence-corrected chi connectivity index (χ3v) is 3.92. The first-order valence-corrected chi connectivity index (χ1v) is 8.93. The minimum Gasteiger partial charge on any atom is -0.396 e. The predicted molar refractivity (Wildman–Crippen MR) is 87.0 cm³/mol. The van der Waals surface area contributed by atoms with Crippen LogP contribution in [0.1, 0.15) is 103 Å². The van der Waals surface area contributed by atoms with E-state index in [9.17, 15) is 4.79 Å². The van der Waals surface area contributed by atoms with Crippen LogP contribution in [0.15, 0.2) is 0 Å². The van der Waals surface area contributed by atoms with Gasteiger partial charge in [0, 0.05) is 19.4 Å². The van der Waals surface area contributed by atoms with E-state index >= 15 is 0 Å². The number of ketones is 1. The normalized spacial score (nSPS) is 10.9. The summed E-state index contributed by atoms with van der Waals surface area (Å²) in [5, 5.41) is 8.66. The SMILES string of the molecule is CCCCCCCCCC(=O)CCCCCCCCO. The number of hydrogen-bond donors (Lipinski definition) is 1. The van der Waals surface area contributed by atoms with Gasteiger partial charge in [0.15, 0.2) is 0 Å². The fourth-order valence-corrected chi connectivity index (χ4v) is 2.55. The maximum atomic E-state index is 11.7. The zero-order valence-corrected chi connectivity index (χ0v) is 13.7. The molecule has 0 aromatic carbocycles. The number of aliphatic hydroxyl groups is 1. The highest BCUT2D eigenvalue weighted by molar-refractivity contribution is 5.78. The lowest BCUT2D eigenvalue weighted by molar-refractivity contribution is -0.119. The molecule has 0 fully saturated rings. The number of carbonyl (C=O) groups is 1. The minimum absolute atomic E-state index is 0.316. The number of hydrogen-bond acceptors (Lipinski definition) is 2. The predicted octanol–water partition coefficient (Wildman–Crippen LogP) is 5.42. The third kappa shape index (κ3) is 15.7. The van der Waals surface area contributed by atoms with Crippen LogP contribution in [0.3, 0.4) is 0 Å². The van der Waals surface area contributed by atoms with Crippen molar-refractivity contribution in [3.05, 3.63) is 0 Å². The second-order valence-corrected chi connectivity index (χ2v) is 6.00. The average Bonchev–Trinajstić information content (AvgIpc) is 2.45. The summed E-state index contributed by atoms with van der Waals surface area (Å²) in [5.74, 6) is 0.467. The Labute approximate surface area is 126 Å². The summed E-state index contributed by atoms with van der Waals surface area (Å²) >= 11 is 0. The Morgan fingerprint density at radius 3 is 1.50 bits per heavy atom. The number of carbonyl (C=O) groups excluding carboxylic acids is 1. The van der Waals surface area contributed by atoms with Crippen LogP contribution in [0.25, 0.3) is 0 Å². The van der Waals surface area contributed by atoms with Crippen LogP contribution < -0.4 is 0 Å². The Bertz CT molecular complexity index is 182. The second kappa shape index (κ2) is 16.7. The molecule has 120 valence electrons. The highest BCUT2D eigenvalue weighted by Crippen LogP contribution is 2.11. The van der Waals surface area contributed by atoms with Crippen molar-refractivity contribution >= 4 is 5.78 Å². The van der Waals surface area contributed by atoms with Crippen LogP contribution in [-0.2, 0) is 4.79 Å². The fraction of sp³-hybridized carbons (Fsp3) is 0.944. The largest absolute Gasteiger partial charge is 0.396 e. The molecule has 0 saturated heterocycles. The van der Waals surface area contributed by atoms with E-state index in [4.69, 9.17) is 5.11 Å². The molecule has 20 heavy (non-hydrogen) atoms. The summed E-state index contributed by atoms with van der Waals surface area (Å²) in [6.45, 7) is 2.56. The van der Waals surface area contributed by atoms with E-state index in [0.717, 1.165) is 38.5 Å². The maximum Gasteiger partial charge on any atom is 0.132 e. The summed E-state index contributed by atoms with van der Waals surface area (Å²) in [5.41, 5.74) is 0. The molecular weight excluding hydrogens is 248 g/mol. The van der Waals surface area contributed by atoms with Crippen molar-refractivity contribution in [2.75, 3.05) is 6.61 Å². The summed E-state index contributed by atoms with van der Waals surface area (Å²) in [4.78, 5) is 11.7. The van der Waals surface area contributed by atoms with Crippen LogP contribution in [0.2, 0.25) is 0 Å². The van der Waals surface area contributed by atoms with Gasteiger partial charge in [0.2, 0.25) is 0 Å². The Morgan fingerprint density at radius 2 is 1.05 bits per heavy atom. The van der Waals surface area contributed by atoms with Gasteiger partial charge in [-0.05, 0) is 19.3 Å². The van der Waals surface area contributed by atoms with Crippen LogP contribution in [-0.4, -0.2) is 17.5 Å². The molecule has 0 radical (unpaired) electrons. The molecule has 0 spiro atoms. The lowest BCUT2D eigenvalue weighted by Gasteiger charge is -2.03. The van der Waals surface area contributed by atoms with Gasteiger partial charge in [0.25, 0.3) is 0 Å². The molecule has 0 aliphatic rings. The number of rotatable bonds is 16. The zero-order valence-electron chi connectivity index (χ0n) is 13.7. The van der Waals surface area contributed by atoms with Gasteiger partial charge >= 0.3 is 0 Å². The van der Waals surface area contributed by atoms with Crippen molar-refractivity contribution < 1.29 is 9.90 Å². The number of Topliss-reactive ketones (excluding diaryl/α,β-unsaturated/α-hetero) is 1. The van der Waals surface area contributed by atoms with Crippen LogP contribution in [0, 0.1) is 0 Å². The van der Waals surface area contributed by atoms with Gasteiger partial charge in [0.05, 0.1) is 0 Å². The van der Waals surface area contributed by atoms with Gasteiger partial charge in [-0.1, -0.05) is 71.1 Å². The molecule has 0 rings (SSSR count). The average molecular weight is 284 g/mol. The molecule has 0 aliphatic carbocycles. The Hall–Kier alpha value is -0.370. The quantitative estimate of drug-likeness (QED) is 0.384. The minimum atomic E-state index is 0.316. The van der Waals surface area contributed by atoms with Gasteiger partial charge in [-0.3, -0.25) is 4.79 Å². The molecule has 2 nitrogen and oxygen atoms in total. The maximum absolute atomic E-state index is 11.7. The Morgan fingerprint density at radius 1 is 0.650 bits per heavy atom. The van der Waals surface area contributed by atoms with E-state index in [1.807, 2.05) is 0 Å². The molecule has 0 aromatic rings. The van der Waals surface area contributed by atoms with E-state index in [1.54, 1.807) is 0 Å². The van der Waals surface area contributed by atoms with Gasteiger partial charge in [0.1, 0.15) is 5.78 Å². The summed E-state index contributed by atoms with van der Waals surface area (Å²) in [7, 11) is 0. The molecule has 0 unspecified atom stereocenters. The number of aliphatic hydroxyl groups excluding tert-OH is 1. The molecular formula is C18H36O2. The van der Waals surface area contributed by atoms with Crippen molar-refractivity contribution in [1.29, 1.82) is 0 Å².